The Balaban J connectivity index is 1.23. The molecular weight excluding hydrogens is 372 g/mol. The largest absolute Gasteiger partial charge is 0.490 e. The Bertz CT molecular complexity index is 830. The molecule has 3 fully saturated rings. The molecule has 1 N–H and O–H groups in total. The van der Waals surface area contributed by atoms with Crippen molar-refractivity contribution in [2.45, 2.75) is 81.5 Å². The summed E-state index contributed by atoms with van der Waals surface area (Å²) in [5.74, 6) is 1.01. The Morgan fingerprint density at radius 1 is 1.07 bits per heavy atom. The quantitative estimate of drug-likeness (QED) is 0.615. The molecule has 160 valence electrons. The van der Waals surface area contributed by atoms with E-state index in [4.69, 9.17) is 14.5 Å². The lowest BCUT2D eigenvalue weighted by molar-refractivity contribution is -0.104. The van der Waals surface area contributed by atoms with E-state index >= 15 is 0 Å². The third-order valence-corrected chi connectivity index (χ3v) is 7.21. The number of nitrogens with zero attached hydrogens (tertiary/aromatic N) is 1. The Hall–Kier alpha value is -1.91. The highest BCUT2D eigenvalue weighted by Gasteiger charge is 2.48. The summed E-state index contributed by atoms with van der Waals surface area (Å²) in [4.78, 5) is 4.81. The summed E-state index contributed by atoms with van der Waals surface area (Å²) >= 11 is 0. The number of benzene rings is 1. The van der Waals surface area contributed by atoms with E-state index in [-0.39, 0.29) is 11.0 Å². The van der Waals surface area contributed by atoms with Gasteiger partial charge < -0.3 is 14.8 Å². The molecule has 2 saturated carbocycles. The summed E-state index contributed by atoms with van der Waals surface area (Å²) < 4.78 is 12.3. The normalized spacial score (nSPS) is 25.5. The van der Waals surface area contributed by atoms with Crippen LogP contribution >= 0.6 is 0 Å². The molecule has 5 rings (SSSR count). The minimum Gasteiger partial charge on any atom is -0.490 e. The molecule has 2 aromatic rings. The van der Waals surface area contributed by atoms with Gasteiger partial charge in [-0.1, -0.05) is 31.0 Å². The second-order valence-electron chi connectivity index (χ2n) is 9.55. The van der Waals surface area contributed by atoms with Gasteiger partial charge >= 0.3 is 0 Å². The van der Waals surface area contributed by atoms with E-state index in [2.05, 4.69) is 41.7 Å². The van der Waals surface area contributed by atoms with Crippen LogP contribution < -0.4 is 10.1 Å². The number of ether oxygens (including phenoxy) is 2. The van der Waals surface area contributed by atoms with Crippen molar-refractivity contribution in [1.29, 1.82) is 0 Å². The fourth-order valence-electron chi connectivity index (χ4n) is 5.46. The van der Waals surface area contributed by atoms with Crippen LogP contribution in [0.2, 0.25) is 0 Å². The van der Waals surface area contributed by atoms with Gasteiger partial charge in [-0.3, -0.25) is 4.98 Å². The molecule has 1 aromatic carbocycles. The predicted octanol–water partition coefficient (Wildman–Crippen LogP) is 5.16. The molecule has 1 atom stereocenters. The first-order valence-electron chi connectivity index (χ1n) is 11.8. The SMILES string of the molecule is c1ccc([C@]2(CCNCc3cccc(OC4CC4)c3)CCOC3(CCCC3)C2)nc1. The lowest BCUT2D eigenvalue weighted by Crippen LogP contribution is -2.47. The van der Waals surface area contributed by atoms with Gasteiger partial charge in [0.25, 0.3) is 0 Å². The van der Waals surface area contributed by atoms with Crippen molar-refractivity contribution >= 4 is 0 Å². The van der Waals surface area contributed by atoms with E-state index < -0.39 is 0 Å². The Labute approximate surface area is 180 Å². The Kier molecular flexibility index (Phi) is 5.79. The summed E-state index contributed by atoms with van der Waals surface area (Å²) in [6.45, 7) is 2.72. The molecule has 30 heavy (non-hydrogen) atoms. The molecule has 0 unspecified atom stereocenters. The van der Waals surface area contributed by atoms with Crippen molar-refractivity contribution in [2.24, 2.45) is 0 Å². The van der Waals surface area contributed by atoms with Crippen LogP contribution in [-0.2, 0) is 16.7 Å². The molecule has 1 aliphatic heterocycles. The van der Waals surface area contributed by atoms with Gasteiger partial charge in [-0.05, 0) is 81.3 Å². The highest BCUT2D eigenvalue weighted by atomic mass is 16.5. The smallest absolute Gasteiger partial charge is 0.120 e. The summed E-state index contributed by atoms with van der Waals surface area (Å²) in [6, 6.07) is 14.9. The van der Waals surface area contributed by atoms with Gasteiger partial charge in [0.05, 0.1) is 11.7 Å². The van der Waals surface area contributed by atoms with Crippen molar-refractivity contribution in [3.63, 3.8) is 0 Å². The van der Waals surface area contributed by atoms with Gasteiger partial charge in [-0.25, -0.2) is 0 Å². The highest BCUT2D eigenvalue weighted by Crippen LogP contribution is 2.49. The average molecular weight is 407 g/mol. The monoisotopic (exact) mass is 406 g/mol. The van der Waals surface area contributed by atoms with Gasteiger partial charge in [0.1, 0.15) is 5.75 Å². The standard InChI is InChI=1S/C26H34N2O2/c1-4-15-28-24(8-1)25(14-17-29-26(20-25)11-2-3-12-26)13-16-27-19-21-6-5-7-23(18-21)30-22-9-10-22/h1,4-8,15,18,22,27H,2-3,9-14,16-17,19-20H2/t25-/m1/s1. The van der Waals surface area contributed by atoms with Crippen molar-refractivity contribution in [2.75, 3.05) is 13.2 Å². The minimum absolute atomic E-state index is 0.0876. The fourth-order valence-corrected chi connectivity index (χ4v) is 5.46. The second-order valence-corrected chi connectivity index (χ2v) is 9.55. The van der Waals surface area contributed by atoms with Crippen LogP contribution in [0.1, 0.15) is 69.0 Å². The fraction of sp³-hybridized carbons (Fsp3) is 0.577. The molecular formula is C26H34N2O2. The Morgan fingerprint density at radius 3 is 2.77 bits per heavy atom. The van der Waals surface area contributed by atoms with Gasteiger partial charge in [0.15, 0.2) is 0 Å². The van der Waals surface area contributed by atoms with Crippen molar-refractivity contribution in [1.82, 2.24) is 10.3 Å². The molecule has 1 spiro atoms. The Morgan fingerprint density at radius 2 is 1.97 bits per heavy atom. The van der Waals surface area contributed by atoms with E-state index in [1.165, 1.54) is 49.8 Å². The number of hydrogen-bond acceptors (Lipinski definition) is 4. The topological polar surface area (TPSA) is 43.4 Å². The highest BCUT2D eigenvalue weighted by molar-refractivity contribution is 5.29. The number of nitrogens with one attached hydrogen (secondary N) is 1. The van der Waals surface area contributed by atoms with E-state index in [0.29, 0.717) is 6.10 Å². The van der Waals surface area contributed by atoms with Gasteiger partial charge in [-0.15, -0.1) is 0 Å². The van der Waals surface area contributed by atoms with Crippen LogP contribution in [0.25, 0.3) is 0 Å². The molecule has 4 heteroatoms. The number of aromatic nitrogens is 1. The minimum atomic E-state index is 0.0876. The van der Waals surface area contributed by atoms with Crippen LogP contribution in [0, 0.1) is 0 Å². The van der Waals surface area contributed by atoms with Crippen molar-refractivity contribution in [3.8, 4) is 5.75 Å². The molecule has 0 bridgehead atoms. The van der Waals surface area contributed by atoms with Crippen molar-refractivity contribution < 1.29 is 9.47 Å². The molecule has 1 aromatic heterocycles. The first-order chi connectivity index (χ1) is 14.8. The third kappa shape index (κ3) is 4.55. The molecule has 2 aliphatic carbocycles. The zero-order chi connectivity index (χ0) is 20.3. The van der Waals surface area contributed by atoms with Crippen LogP contribution in [0.5, 0.6) is 5.75 Å². The average Bonchev–Trinajstić information content (AvgIpc) is 3.49. The van der Waals surface area contributed by atoms with Gasteiger partial charge in [-0.2, -0.15) is 0 Å². The summed E-state index contributed by atoms with van der Waals surface area (Å²) in [5.41, 5.74) is 2.75. The van der Waals surface area contributed by atoms with E-state index in [9.17, 15) is 0 Å². The summed E-state index contributed by atoms with van der Waals surface area (Å²) in [6.07, 6.45) is 13.1. The number of hydrogen-bond donors (Lipinski definition) is 1. The zero-order valence-electron chi connectivity index (χ0n) is 17.9. The predicted molar refractivity (Wildman–Crippen MR) is 119 cm³/mol. The number of rotatable bonds is 8. The number of pyridine rings is 1. The molecule has 1 saturated heterocycles. The lowest BCUT2D eigenvalue weighted by Gasteiger charge is -2.46. The van der Waals surface area contributed by atoms with Crippen LogP contribution in [0.3, 0.4) is 0 Å². The van der Waals surface area contributed by atoms with E-state index in [1.54, 1.807) is 0 Å². The second kappa shape index (κ2) is 8.68. The molecule has 4 nitrogen and oxygen atoms in total. The van der Waals surface area contributed by atoms with E-state index in [1.807, 2.05) is 12.3 Å². The summed E-state index contributed by atoms with van der Waals surface area (Å²) in [5, 5.41) is 3.69. The van der Waals surface area contributed by atoms with Crippen molar-refractivity contribution in [3.05, 3.63) is 59.9 Å². The molecule has 3 aliphatic rings. The van der Waals surface area contributed by atoms with Crippen LogP contribution in [0.4, 0.5) is 0 Å². The van der Waals surface area contributed by atoms with Gasteiger partial charge in [0.2, 0.25) is 0 Å². The molecule has 0 radical (unpaired) electrons. The van der Waals surface area contributed by atoms with Crippen LogP contribution in [0.15, 0.2) is 48.7 Å². The lowest BCUT2D eigenvalue weighted by atomic mass is 9.68. The van der Waals surface area contributed by atoms with Gasteiger partial charge in [0, 0.05) is 30.5 Å². The first kappa shape index (κ1) is 20.0. The maximum atomic E-state index is 6.37. The summed E-state index contributed by atoms with van der Waals surface area (Å²) in [7, 11) is 0. The molecule has 0 amide bonds. The third-order valence-electron chi connectivity index (χ3n) is 7.21. The van der Waals surface area contributed by atoms with Crippen LogP contribution in [-0.4, -0.2) is 29.8 Å². The zero-order valence-corrected chi connectivity index (χ0v) is 17.9. The maximum Gasteiger partial charge on any atom is 0.120 e. The van der Waals surface area contributed by atoms with E-state index in [0.717, 1.165) is 44.7 Å². The first-order valence-corrected chi connectivity index (χ1v) is 11.8. The molecule has 2 heterocycles. The maximum absolute atomic E-state index is 6.37.